The molecule has 6 N–H and O–H groups in total. The van der Waals surface area contributed by atoms with E-state index in [9.17, 15) is 40.8 Å². The number of anilines is 2. The fourth-order valence-electron chi connectivity index (χ4n) is 7.65. The summed E-state index contributed by atoms with van der Waals surface area (Å²) in [5.41, 5.74) is 9.95. The summed E-state index contributed by atoms with van der Waals surface area (Å²) < 4.78 is 52.4. The van der Waals surface area contributed by atoms with Crippen molar-refractivity contribution < 1.29 is 40.8 Å². The van der Waals surface area contributed by atoms with Gasteiger partial charge in [-0.25, -0.2) is 26.8 Å². The molecule has 0 saturated carbocycles. The maximum absolute atomic E-state index is 13.1. The van der Waals surface area contributed by atoms with Crippen LogP contribution >= 0.6 is 0 Å². The molecule has 10 rings (SSSR count). The summed E-state index contributed by atoms with van der Waals surface area (Å²) in [5, 5.41) is 19.5. The van der Waals surface area contributed by atoms with Gasteiger partial charge in [0.05, 0.1) is 84.0 Å². The van der Waals surface area contributed by atoms with Gasteiger partial charge in [0.15, 0.2) is 5.82 Å². The average molecular weight is 1010 g/mol. The minimum Gasteiger partial charge on any atom is -0.366 e. The Bertz CT molecular complexity index is 3830. The Morgan fingerprint density at radius 3 is 1.53 bits per heavy atom. The van der Waals surface area contributed by atoms with Gasteiger partial charge in [-0.05, 0) is 84.9 Å². The molecular weight excluding hydrogens is 973 g/mol. The molecule has 0 fully saturated rings. The molecule has 2 aliphatic rings. The summed E-state index contributed by atoms with van der Waals surface area (Å²) in [6.07, 6.45) is 6.23. The number of carbonyl (C=O) groups is 5. The molecule has 360 valence electrons. The molecule has 6 aromatic carbocycles. The van der Waals surface area contributed by atoms with Crippen molar-refractivity contribution in [3.8, 4) is 28.7 Å². The highest BCUT2D eigenvalue weighted by Crippen LogP contribution is 2.36. The molecule has 0 saturated heterocycles. The number of hydrogen-bond donors (Lipinski definition) is 5. The van der Waals surface area contributed by atoms with Gasteiger partial charge in [0.2, 0.25) is 25.6 Å². The van der Waals surface area contributed by atoms with Gasteiger partial charge >= 0.3 is 0 Å². The third-order valence-electron chi connectivity index (χ3n) is 11.4. The number of sulfone groups is 2. The van der Waals surface area contributed by atoms with Crippen molar-refractivity contribution in [2.45, 2.75) is 32.7 Å². The molecule has 73 heavy (non-hydrogen) atoms. The predicted molar refractivity (Wildman–Crippen MR) is 263 cm³/mol. The van der Waals surface area contributed by atoms with Crippen molar-refractivity contribution in [1.29, 1.82) is 5.26 Å². The molecule has 19 nitrogen and oxygen atoms in total. The Morgan fingerprint density at radius 1 is 0.548 bits per heavy atom. The second-order valence-corrected chi connectivity index (χ2v) is 19.9. The fourth-order valence-corrected chi connectivity index (χ4v) is 10.8. The SMILES string of the molecule is N#Cc1ccc(-c2cnc(CNC(=O)c3ccc4c(c3)NC(=O)c3ccccc3S4(=O)=O)cn2)cc1.NC(=O)c1ccc(-c2ncc(CNC(=O)c3ccc4c(c3)NC(=O)c3ccccc3S4(=O)=O)cn2)cc1. The molecule has 0 radical (unpaired) electrons. The van der Waals surface area contributed by atoms with Crippen molar-refractivity contribution in [1.82, 2.24) is 30.6 Å². The van der Waals surface area contributed by atoms with Crippen molar-refractivity contribution in [2.24, 2.45) is 5.73 Å². The van der Waals surface area contributed by atoms with Crippen molar-refractivity contribution in [2.75, 3.05) is 10.6 Å². The molecule has 0 atom stereocenters. The fraction of sp³-hybridized carbons (Fsp3) is 0.0385. The maximum atomic E-state index is 13.1. The minimum atomic E-state index is -3.96. The van der Waals surface area contributed by atoms with Crippen LogP contribution in [-0.2, 0) is 32.8 Å². The second kappa shape index (κ2) is 19.9. The van der Waals surface area contributed by atoms with Crippen LogP contribution < -0.4 is 27.0 Å². The second-order valence-electron chi connectivity index (χ2n) is 16.1. The smallest absolute Gasteiger partial charge is 0.257 e. The van der Waals surface area contributed by atoms with E-state index in [1.54, 1.807) is 91.4 Å². The first-order valence-corrected chi connectivity index (χ1v) is 24.8. The van der Waals surface area contributed by atoms with Gasteiger partial charge in [-0.1, -0.05) is 48.5 Å². The molecule has 0 spiro atoms. The van der Waals surface area contributed by atoms with Crippen LogP contribution in [0.15, 0.2) is 178 Å². The van der Waals surface area contributed by atoms with Gasteiger partial charge in [-0.2, -0.15) is 5.26 Å². The van der Waals surface area contributed by atoms with E-state index in [1.807, 2.05) is 0 Å². The lowest BCUT2D eigenvalue weighted by Gasteiger charge is -2.10. The molecule has 0 aliphatic carbocycles. The Labute approximate surface area is 416 Å². The quantitative estimate of drug-likeness (QED) is 0.112. The van der Waals surface area contributed by atoms with E-state index in [0.717, 1.165) is 5.56 Å². The summed E-state index contributed by atoms with van der Waals surface area (Å²) in [6, 6.07) is 35.5. The van der Waals surface area contributed by atoms with Crippen LogP contribution in [0.2, 0.25) is 0 Å². The minimum absolute atomic E-state index is 0.0314. The molecule has 8 aromatic rings. The highest BCUT2D eigenvalue weighted by atomic mass is 32.2. The number of hydrogen-bond acceptors (Lipinski definition) is 14. The number of primary amides is 1. The Hall–Kier alpha value is -9.78. The van der Waals surface area contributed by atoms with E-state index in [0.29, 0.717) is 39.5 Å². The van der Waals surface area contributed by atoms with E-state index in [2.05, 4.69) is 47.3 Å². The van der Waals surface area contributed by atoms with Gasteiger partial charge in [0.1, 0.15) is 0 Å². The summed E-state index contributed by atoms with van der Waals surface area (Å²) in [4.78, 5) is 78.9. The number of nitriles is 1. The van der Waals surface area contributed by atoms with Crippen LogP contribution in [-0.4, -0.2) is 66.3 Å². The van der Waals surface area contributed by atoms with Crippen molar-refractivity contribution >= 4 is 60.6 Å². The predicted octanol–water partition coefficient (Wildman–Crippen LogP) is 5.91. The monoisotopic (exact) mass is 1010 g/mol. The Kier molecular flexibility index (Phi) is 13.2. The van der Waals surface area contributed by atoms with Crippen molar-refractivity contribution in [3.05, 3.63) is 203 Å². The van der Waals surface area contributed by atoms with Gasteiger partial charge in [-0.3, -0.25) is 33.9 Å². The maximum Gasteiger partial charge on any atom is 0.257 e. The van der Waals surface area contributed by atoms with Gasteiger partial charge in [-0.15, -0.1) is 0 Å². The van der Waals surface area contributed by atoms with E-state index < -0.39 is 49.2 Å². The van der Waals surface area contributed by atoms with Crippen LogP contribution in [0, 0.1) is 11.3 Å². The normalized spacial score (nSPS) is 13.4. The highest BCUT2D eigenvalue weighted by molar-refractivity contribution is 7.92. The number of nitrogens with zero attached hydrogens (tertiary/aromatic N) is 5. The largest absolute Gasteiger partial charge is 0.366 e. The van der Waals surface area contributed by atoms with E-state index in [4.69, 9.17) is 11.0 Å². The van der Waals surface area contributed by atoms with Crippen molar-refractivity contribution in [3.63, 3.8) is 0 Å². The van der Waals surface area contributed by atoms with E-state index in [-0.39, 0.29) is 66.3 Å². The van der Waals surface area contributed by atoms with Gasteiger partial charge < -0.3 is 27.0 Å². The van der Waals surface area contributed by atoms with E-state index in [1.165, 1.54) is 66.9 Å². The number of amides is 5. The number of rotatable bonds is 9. The molecule has 4 heterocycles. The van der Waals surface area contributed by atoms with Gasteiger partial charge in [0.25, 0.3) is 23.6 Å². The highest BCUT2D eigenvalue weighted by Gasteiger charge is 2.33. The molecular formula is C52H36N10O9S2. The summed E-state index contributed by atoms with van der Waals surface area (Å²) in [6.45, 7) is 0.208. The van der Waals surface area contributed by atoms with Crippen LogP contribution in [0.1, 0.15) is 68.6 Å². The molecule has 2 aromatic heterocycles. The third kappa shape index (κ3) is 10.00. The molecule has 5 amide bonds. The van der Waals surface area contributed by atoms with Gasteiger partial charge in [0, 0.05) is 52.3 Å². The van der Waals surface area contributed by atoms with E-state index >= 15 is 0 Å². The zero-order valence-corrected chi connectivity index (χ0v) is 39.4. The molecule has 21 heteroatoms. The van der Waals surface area contributed by atoms with Crippen LogP contribution in [0.4, 0.5) is 11.4 Å². The first-order valence-electron chi connectivity index (χ1n) is 21.8. The number of nitrogens with two attached hydrogens (primary N) is 1. The summed E-state index contributed by atoms with van der Waals surface area (Å²) in [7, 11) is -7.91. The Balaban J connectivity index is 0.000000180. The zero-order chi connectivity index (χ0) is 51.4. The molecule has 2 aliphatic heterocycles. The standard InChI is InChI=1S/C26H19N5O5S.C26H17N5O4S/c27-23(32)16-5-7-17(8-6-16)24-28-12-15(13-29-24)14-30-25(33)18-9-10-22-20(11-18)31-26(34)19-3-1-2-4-21(19)37(22,35)36;27-12-16-5-7-17(8-6-16)22-15-28-19(13-29-22)14-30-25(32)18-9-10-24-21(11-18)31-26(33)20-3-1-2-4-23(20)36(24,34)35/h1-13H,14H2,(H2,27,32)(H,30,33)(H,31,34);1-11,13,15H,14H2,(H,30,32)(H,31,33). The van der Waals surface area contributed by atoms with Crippen LogP contribution in [0.25, 0.3) is 22.6 Å². The zero-order valence-electron chi connectivity index (χ0n) is 37.7. The first-order chi connectivity index (χ1) is 35.1. The summed E-state index contributed by atoms with van der Waals surface area (Å²) in [5.74, 6) is -2.16. The van der Waals surface area contributed by atoms with Crippen LogP contribution in [0.3, 0.4) is 0 Å². The summed E-state index contributed by atoms with van der Waals surface area (Å²) >= 11 is 0. The lowest BCUT2D eigenvalue weighted by Crippen LogP contribution is -2.23. The number of carbonyl (C=O) groups excluding carboxylic acids is 5. The number of fused-ring (bicyclic) bond motifs is 4. The number of nitrogens with one attached hydrogen (secondary N) is 4. The lowest BCUT2D eigenvalue weighted by molar-refractivity contribution is 0.0942. The average Bonchev–Trinajstić information content (AvgIpc) is 3.55. The number of aromatic nitrogens is 4. The topological polar surface area (TPSA) is 303 Å². The molecule has 0 bridgehead atoms. The van der Waals surface area contributed by atoms with Crippen LogP contribution in [0.5, 0.6) is 0 Å². The molecule has 0 unspecified atom stereocenters. The Morgan fingerprint density at radius 2 is 1.04 bits per heavy atom. The number of benzene rings is 6. The lowest BCUT2D eigenvalue weighted by atomic mass is 10.1. The first kappa shape index (κ1) is 48.3. The third-order valence-corrected chi connectivity index (χ3v) is 15.2.